The van der Waals surface area contributed by atoms with Crippen LogP contribution in [0.2, 0.25) is 0 Å². The first kappa shape index (κ1) is 20.5. The molecule has 2 rings (SSSR count). The van der Waals surface area contributed by atoms with Crippen LogP contribution in [0.15, 0.2) is 42.7 Å². The Morgan fingerprint density at radius 1 is 1.19 bits per heavy atom. The van der Waals surface area contributed by atoms with Gasteiger partial charge in [0.15, 0.2) is 6.61 Å². The molecule has 144 valence electrons. The number of aromatic nitrogens is 1. The third-order valence-electron chi connectivity index (χ3n) is 3.82. The molecular weight excluding hydrogens is 357 g/mol. The highest BCUT2D eigenvalue weighted by Gasteiger charge is 2.29. The Morgan fingerprint density at radius 2 is 1.78 bits per heavy atom. The van der Waals surface area contributed by atoms with Gasteiger partial charge in [-0.1, -0.05) is 12.1 Å². The van der Waals surface area contributed by atoms with Crippen molar-refractivity contribution in [3.63, 3.8) is 0 Å². The summed E-state index contributed by atoms with van der Waals surface area (Å²) in [5.74, 6) is 0.0437. The van der Waals surface area contributed by atoms with E-state index in [0.29, 0.717) is 17.7 Å². The zero-order chi connectivity index (χ0) is 20.0. The molecule has 0 atom stereocenters. The predicted octanol–water partition coefficient (Wildman–Crippen LogP) is 4.31. The molecule has 0 bridgehead atoms. The SMILES string of the molecule is Cc1cc(CN(C)C(=O)/C=C/c2ccncc2)cc(C)c1OCC(F)(F)F. The Morgan fingerprint density at radius 3 is 2.33 bits per heavy atom. The number of halogens is 3. The minimum Gasteiger partial charge on any atom is -0.484 e. The average Bonchev–Trinajstić information content (AvgIpc) is 2.58. The van der Waals surface area contributed by atoms with E-state index < -0.39 is 12.8 Å². The van der Waals surface area contributed by atoms with Gasteiger partial charge in [-0.15, -0.1) is 0 Å². The molecule has 0 radical (unpaired) electrons. The molecule has 0 aliphatic rings. The third-order valence-corrected chi connectivity index (χ3v) is 3.82. The summed E-state index contributed by atoms with van der Waals surface area (Å²) in [6.45, 7) is 2.38. The number of amides is 1. The van der Waals surface area contributed by atoms with E-state index in [-0.39, 0.29) is 11.7 Å². The maximum Gasteiger partial charge on any atom is 0.422 e. The third kappa shape index (κ3) is 6.44. The highest BCUT2D eigenvalue weighted by molar-refractivity contribution is 5.91. The molecular formula is C20H21F3N2O2. The van der Waals surface area contributed by atoms with Crippen molar-refractivity contribution in [2.75, 3.05) is 13.7 Å². The first-order chi connectivity index (χ1) is 12.7. The molecule has 0 saturated heterocycles. The molecule has 0 unspecified atom stereocenters. The van der Waals surface area contributed by atoms with Crippen LogP contribution >= 0.6 is 0 Å². The molecule has 0 aliphatic heterocycles. The standard InChI is InChI=1S/C20H21F3N2O2/c1-14-10-17(11-15(2)19(14)27-13-20(21,22)23)12-25(3)18(26)5-4-16-6-8-24-9-7-16/h4-11H,12-13H2,1-3H3/b5-4+. The van der Waals surface area contributed by atoms with Gasteiger partial charge in [-0.25, -0.2) is 0 Å². The van der Waals surface area contributed by atoms with Crippen molar-refractivity contribution in [3.05, 3.63) is 65.0 Å². The Kier molecular flexibility index (Phi) is 6.60. The maximum atomic E-state index is 12.4. The molecule has 1 amide bonds. The van der Waals surface area contributed by atoms with Crippen molar-refractivity contribution >= 4 is 12.0 Å². The summed E-state index contributed by atoms with van der Waals surface area (Å²) >= 11 is 0. The molecule has 27 heavy (non-hydrogen) atoms. The van der Waals surface area contributed by atoms with Crippen LogP contribution in [-0.2, 0) is 11.3 Å². The molecule has 0 saturated carbocycles. The van der Waals surface area contributed by atoms with Gasteiger partial charge in [0, 0.05) is 32.1 Å². The average molecular weight is 378 g/mol. The number of likely N-dealkylation sites (N-methyl/N-ethyl adjacent to an activating group) is 1. The zero-order valence-corrected chi connectivity index (χ0v) is 15.4. The van der Waals surface area contributed by atoms with Crippen LogP contribution in [0.3, 0.4) is 0 Å². The van der Waals surface area contributed by atoms with Gasteiger partial charge in [0.1, 0.15) is 5.75 Å². The van der Waals surface area contributed by atoms with E-state index in [1.165, 1.54) is 11.0 Å². The minimum atomic E-state index is -4.38. The number of ether oxygens (including phenoxy) is 1. The number of aryl methyl sites for hydroxylation is 2. The lowest BCUT2D eigenvalue weighted by atomic mass is 10.1. The molecule has 0 aliphatic carbocycles. The predicted molar refractivity (Wildman–Crippen MR) is 97.2 cm³/mol. The Labute approximate surface area is 156 Å². The van der Waals surface area contributed by atoms with Crippen LogP contribution in [0.25, 0.3) is 6.08 Å². The molecule has 1 aromatic heterocycles. The molecule has 0 N–H and O–H groups in total. The van der Waals surface area contributed by atoms with Gasteiger partial charge in [-0.05, 0) is 54.3 Å². The summed E-state index contributed by atoms with van der Waals surface area (Å²) in [5, 5.41) is 0. The van der Waals surface area contributed by atoms with Gasteiger partial charge < -0.3 is 9.64 Å². The van der Waals surface area contributed by atoms with Crippen molar-refractivity contribution in [1.82, 2.24) is 9.88 Å². The van der Waals surface area contributed by atoms with E-state index >= 15 is 0 Å². The molecule has 0 fully saturated rings. The molecule has 7 heteroatoms. The lowest BCUT2D eigenvalue weighted by Gasteiger charge is -2.19. The minimum absolute atomic E-state index is 0.181. The topological polar surface area (TPSA) is 42.4 Å². The molecule has 1 aromatic carbocycles. The van der Waals surface area contributed by atoms with Crippen molar-refractivity contribution in [3.8, 4) is 5.75 Å². The smallest absolute Gasteiger partial charge is 0.422 e. The van der Waals surface area contributed by atoms with E-state index in [1.807, 2.05) is 0 Å². The highest BCUT2D eigenvalue weighted by atomic mass is 19.4. The lowest BCUT2D eigenvalue weighted by Crippen LogP contribution is -2.24. The van der Waals surface area contributed by atoms with E-state index in [2.05, 4.69) is 4.98 Å². The first-order valence-electron chi connectivity index (χ1n) is 8.28. The summed E-state index contributed by atoms with van der Waals surface area (Å²) in [5.41, 5.74) is 2.88. The number of nitrogens with zero attached hydrogens (tertiary/aromatic N) is 2. The fraction of sp³-hybridized carbons (Fsp3) is 0.300. The molecule has 2 aromatic rings. The maximum absolute atomic E-state index is 12.4. The van der Waals surface area contributed by atoms with Crippen molar-refractivity contribution in [2.45, 2.75) is 26.6 Å². The van der Waals surface area contributed by atoms with Crippen molar-refractivity contribution < 1.29 is 22.7 Å². The number of rotatable bonds is 6. The summed E-state index contributed by atoms with van der Waals surface area (Å²) in [6.07, 6.45) is 2.07. The second kappa shape index (κ2) is 8.70. The molecule has 0 spiro atoms. The fourth-order valence-electron chi connectivity index (χ4n) is 2.63. The fourth-order valence-corrected chi connectivity index (χ4v) is 2.63. The van der Waals surface area contributed by atoms with Crippen LogP contribution in [-0.4, -0.2) is 35.6 Å². The van der Waals surface area contributed by atoms with E-state index in [4.69, 9.17) is 4.74 Å². The van der Waals surface area contributed by atoms with E-state index in [1.54, 1.807) is 63.6 Å². The number of carbonyl (C=O) groups excluding carboxylic acids is 1. The lowest BCUT2D eigenvalue weighted by molar-refractivity contribution is -0.153. The van der Waals surface area contributed by atoms with Crippen LogP contribution in [0, 0.1) is 13.8 Å². The zero-order valence-electron chi connectivity index (χ0n) is 15.4. The quantitative estimate of drug-likeness (QED) is 0.704. The molecule has 4 nitrogen and oxygen atoms in total. The Bertz CT molecular complexity index is 795. The number of benzene rings is 1. The van der Waals surface area contributed by atoms with Crippen LogP contribution in [0.5, 0.6) is 5.75 Å². The van der Waals surface area contributed by atoms with Gasteiger partial charge in [-0.2, -0.15) is 13.2 Å². The summed E-state index contributed by atoms with van der Waals surface area (Å²) in [7, 11) is 1.66. The van der Waals surface area contributed by atoms with E-state index in [0.717, 1.165) is 11.1 Å². The number of pyridine rings is 1. The monoisotopic (exact) mass is 378 g/mol. The second-order valence-corrected chi connectivity index (χ2v) is 6.27. The second-order valence-electron chi connectivity index (χ2n) is 6.27. The van der Waals surface area contributed by atoms with Gasteiger partial charge in [-0.3, -0.25) is 9.78 Å². The number of alkyl halides is 3. The summed E-state index contributed by atoms with van der Waals surface area (Å²) in [6, 6.07) is 7.04. The van der Waals surface area contributed by atoms with Crippen LogP contribution < -0.4 is 4.74 Å². The van der Waals surface area contributed by atoms with Crippen LogP contribution in [0.1, 0.15) is 22.3 Å². The number of hydrogen-bond donors (Lipinski definition) is 0. The Balaban J connectivity index is 2.04. The highest BCUT2D eigenvalue weighted by Crippen LogP contribution is 2.27. The number of carbonyl (C=O) groups is 1. The van der Waals surface area contributed by atoms with Gasteiger partial charge in [0.05, 0.1) is 0 Å². The number of hydrogen-bond acceptors (Lipinski definition) is 3. The first-order valence-corrected chi connectivity index (χ1v) is 8.28. The summed E-state index contributed by atoms with van der Waals surface area (Å²) in [4.78, 5) is 17.7. The van der Waals surface area contributed by atoms with Gasteiger partial charge in [0.25, 0.3) is 0 Å². The van der Waals surface area contributed by atoms with Crippen molar-refractivity contribution in [2.24, 2.45) is 0 Å². The summed E-state index contributed by atoms with van der Waals surface area (Å²) < 4.78 is 42.0. The van der Waals surface area contributed by atoms with Crippen LogP contribution in [0.4, 0.5) is 13.2 Å². The van der Waals surface area contributed by atoms with Crippen molar-refractivity contribution in [1.29, 1.82) is 0 Å². The van der Waals surface area contributed by atoms with E-state index in [9.17, 15) is 18.0 Å². The Hall–Kier alpha value is -2.83. The largest absolute Gasteiger partial charge is 0.484 e. The van der Waals surface area contributed by atoms with Gasteiger partial charge in [0.2, 0.25) is 5.91 Å². The van der Waals surface area contributed by atoms with Gasteiger partial charge >= 0.3 is 6.18 Å². The molecule has 1 heterocycles. The normalized spacial score (nSPS) is 11.6.